The molecule has 4 bridgehead atoms. The highest BCUT2D eigenvalue weighted by Gasteiger charge is 2.60. The Balaban J connectivity index is 1.40. The van der Waals surface area contributed by atoms with Crippen molar-refractivity contribution < 1.29 is 19.1 Å². The molecular weight excluding hydrogens is 344 g/mol. The number of esters is 1. The molecule has 4 saturated carbocycles. The highest BCUT2D eigenvalue weighted by atomic mass is 16.5. The molecule has 5 heteroatoms. The van der Waals surface area contributed by atoms with Crippen LogP contribution in [0.3, 0.4) is 0 Å². The van der Waals surface area contributed by atoms with Crippen LogP contribution in [-0.4, -0.2) is 16.7 Å². The molecule has 0 aliphatic heterocycles. The van der Waals surface area contributed by atoms with E-state index in [0.717, 1.165) is 43.1 Å². The minimum Gasteiger partial charge on any atom is -0.460 e. The van der Waals surface area contributed by atoms with Crippen molar-refractivity contribution in [2.75, 3.05) is 0 Å². The predicted octanol–water partition coefficient (Wildman–Crippen LogP) is 3.48. The molecule has 27 heavy (non-hydrogen) atoms. The van der Waals surface area contributed by atoms with Gasteiger partial charge in [-0.15, -0.1) is 0 Å². The van der Waals surface area contributed by atoms with E-state index < -0.39 is 16.6 Å². The molecule has 4 aliphatic carbocycles. The summed E-state index contributed by atoms with van der Waals surface area (Å²) >= 11 is 0. The van der Waals surface area contributed by atoms with E-state index in [2.05, 4.69) is 0 Å². The van der Waals surface area contributed by atoms with Gasteiger partial charge in [-0.3, -0.25) is 4.79 Å². The van der Waals surface area contributed by atoms with Crippen LogP contribution in [0.2, 0.25) is 0 Å². The van der Waals surface area contributed by atoms with Crippen molar-refractivity contribution in [3.05, 3.63) is 45.8 Å². The fourth-order valence-electron chi connectivity index (χ4n) is 6.21. The predicted molar refractivity (Wildman–Crippen MR) is 99.1 cm³/mol. The number of hydrogen-bond acceptors (Lipinski definition) is 5. The number of benzene rings is 1. The highest BCUT2D eigenvalue weighted by molar-refractivity contribution is 5.82. The Bertz CT molecular complexity index is 974. The van der Waals surface area contributed by atoms with Gasteiger partial charge in [0.15, 0.2) is 0 Å². The van der Waals surface area contributed by atoms with Crippen LogP contribution < -0.4 is 5.63 Å². The smallest absolute Gasteiger partial charge is 0.336 e. The molecule has 2 unspecified atom stereocenters. The second-order valence-corrected chi connectivity index (χ2v) is 9.13. The van der Waals surface area contributed by atoms with Crippen LogP contribution in [-0.2, 0) is 16.1 Å². The first-order chi connectivity index (χ1) is 12.8. The summed E-state index contributed by atoms with van der Waals surface area (Å²) in [7, 11) is 0. The highest BCUT2D eigenvalue weighted by Crippen LogP contribution is 2.62. The molecule has 4 aliphatic rings. The first kappa shape index (κ1) is 17.0. The van der Waals surface area contributed by atoms with Gasteiger partial charge >= 0.3 is 11.6 Å². The van der Waals surface area contributed by atoms with Crippen LogP contribution >= 0.6 is 0 Å². The van der Waals surface area contributed by atoms with Gasteiger partial charge in [0, 0.05) is 17.0 Å². The second kappa shape index (κ2) is 5.68. The molecule has 4 fully saturated rings. The van der Waals surface area contributed by atoms with Gasteiger partial charge < -0.3 is 14.3 Å². The number of aryl methyl sites for hydroxylation is 1. The molecule has 2 atom stereocenters. The maximum absolute atomic E-state index is 13.1. The Morgan fingerprint density at radius 2 is 1.96 bits per heavy atom. The van der Waals surface area contributed by atoms with E-state index in [0.29, 0.717) is 29.4 Å². The molecule has 1 N–H and O–H groups in total. The van der Waals surface area contributed by atoms with Crippen molar-refractivity contribution in [3.8, 4) is 0 Å². The van der Waals surface area contributed by atoms with Gasteiger partial charge in [0.25, 0.3) is 0 Å². The van der Waals surface area contributed by atoms with Crippen LogP contribution in [0, 0.1) is 24.2 Å². The van der Waals surface area contributed by atoms with Gasteiger partial charge in [-0.05, 0) is 68.9 Å². The van der Waals surface area contributed by atoms with Crippen LogP contribution in [0.5, 0.6) is 0 Å². The molecular formula is C22H24O5. The summed E-state index contributed by atoms with van der Waals surface area (Å²) in [6, 6.07) is 7.06. The van der Waals surface area contributed by atoms with Crippen LogP contribution in [0.15, 0.2) is 33.5 Å². The van der Waals surface area contributed by atoms with Gasteiger partial charge in [0.1, 0.15) is 12.2 Å². The molecule has 6 rings (SSSR count). The largest absolute Gasteiger partial charge is 0.460 e. The summed E-state index contributed by atoms with van der Waals surface area (Å²) in [4.78, 5) is 24.9. The molecule has 1 aromatic heterocycles. The molecule has 0 spiro atoms. The summed E-state index contributed by atoms with van der Waals surface area (Å²) in [5.41, 5.74) is 0.492. The lowest BCUT2D eigenvalue weighted by Gasteiger charge is -2.58. The topological polar surface area (TPSA) is 76.7 Å². The van der Waals surface area contributed by atoms with Crippen LogP contribution in [0.4, 0.5) is 0 Å². The van der Waals surface area contributed by atoms with E-state index in [1.165, 1.54) is 6.07 Å². The Morgan fingerprint density at radius 3 is 2.67 bits per heavy atom. The molecule has 142 valence electrons. The van der Waals surface area contributed by atoms with Gasteiger partial charge in [-0.1, -0.05) is 12.1 Å². The average molecular weight is 368 g/mol. The van der Waals surface area contributed by atoms with E-state index in [9.17, 15) is 14.7 Å². The molecule has 1 heterocycles. The lowest BCUT2D eigenvalue weighted by molar-refractivity contribution is -0.197. The van der Waals surface area contributed by atoms with E-state index in [1.54, 1.807) is 0 Å². The minimum atomic E-state index is -0.693. The standard InChI is InChI=1S/C22H24O5/c1-13-2-3-17-16(6-19(23)27-18(17)4-13)11-26-20(24)21-7-14-5-15(8-21)10-22(25,9-14)12-21/h2-4,6,14-15,25H,5,7-12H2,1H3. The zero-order chi connectivity index (χ0) is 18.8. The number of carbonyl (C=O) groups excluding carboxylic acids is 1. The number of hydrogen-bond donors (Lipinski definition) is 1. The summed E-state index contributed by atoms with van der Waals surface area (Å²) < 4.78 is 11.0. The lowest BCUT2D eigenvalue weighted by atomic mass is 9.48. The average Bonchev–Trinajstić information content (AvgIpc) is 2.56. The van der Waals surface area contributed by atoms with E-state index in [-0.39, 0.29) is 12.6 Å². The maximum Gasteiger partial charge on any atom is 0.336 e. The number of fused-ring (bicyclic) bond motifs is 1. The molecule has 0 amide bonds. The Kier molecular flexibility index (Phi) is 3.57. The quantitative estimate of drug-likeness (QED) is 0.663. The third-order valence-corrected chi connectivity index (χ3v) is 6.81. The van der Waals surface area contributed by atoms with Crippen molar-refractivity contribution >= 4 is 16.9 Å². The van der Waals surface area contributed by atoms with Crippen molar-refractivity contribution in [1.82, 2.24) is 0 Å². The summed E-state index contributed by atoms with van der Waals surface area (Å²) in [5, 5.41) is 11.6. The van der Waals surface area contributed by atoms with E-state index in [4.69, 9.17) is 9.15 Å². The minimum absolute atomic E-state index is 0.0551. The number of ether oxygens (including phenoxy) is 1. The number of aliphatic hydroxyl groups is 1. The molecule has 5 nitrogen and oxygen atoms in total. The second-order valence-electron chi connectivity index (χ2n) is 9.13. The molecule has 0 radical (unpaired) electrons. The van der Waals surface area contributed by atoms with E-state index >= 15 is 0 Å². The summed E-state index contributed by atoms with van der Waals surface area (Å²) in [5.74, 6) is 0.635. The summed E-state index contributed by atoms with van der Waals surface area (Å²) in [6.45, 7) is 1.99. The lowest BCUT2D eigenvalue weighted by Crippen LogP contribution is -2.58. The monoisotopic (exact) mass is 368 g/mol. The number of rotatable bonds is 3. The molecule has 1 aromatic carbocycles. The number of carbonyl (C=O) groups is 1. The van der Waals surface area contributed by atoms with Crippen molar-refractivity contribution in [2.45, 2.75) is 57.7 Å². The van der Waals surface area contributed by atoms with Crippen molar-refractivity contribution in [2.24, 2.45) is 17.3 Å². The van der Waals surface area contributed by atoms with E-state index in [1.807, 2.05) is 25.1 Å². The van der Waals surface area contributed by atoms with Crippen LogP contribution in [0.1, 0.15) is 49.7 Å². The van der Waals surface area contributed by atoms with Gasteiger partial charge in [0.2, 0.25) is 0 Å². The Hall–Kier alpha value is -2.14. The molecule has 0 saturated heterocycles. The SMILES string of the molecule is Cc1ccc2c(COC(=O)C34CC5CC(CC(O)(C5)C3)C4)cc(=O)oc2c1. The molecule has 2 aromatic rings. The third kappa shape index (κ3) is 2.80. The fraction of sp³-hybridized carbons (Fsp3) is 0.545. The zero-order valence-corrected chi connectivity index (χ0v) is 15.5. The normalized spacial score (nSPS) is 34.1. The first-order valence-corrected chi connectivity index (χ1v) is 9.77. The fourth-order valence-corrected chi connectivity index (χ4v) is 6.21. The first-order valence-electron chi connectivity index (χ1n) is 9.77. The van der Waals surface area contributed by atoms with Gasteiger partial charge in [-0.2, -0.15) is 0 Å². The zero-order valence-electron chi connectivity index (χ0n) is 15.5. The summed E-state index contributed by atoms with van der Waals surface area (Å²) in [6.07, 6.45) is 4.93. The third-order valence-electron chi connectivity index (χ3n) is 6.81. The Labute approximate surface area is 157 Å². The van der Waals surface area contributed by atoms with Gasteiger partial charge in [0.05, 0.1) is 11.0 Å². The Morgan fingerprint density at radius 1 is 1.22 bits per heavy atom. The van der Waals surface area contributed by atoms with Crippen molar-refractivity contribution in [1.29, 1.82) is 0 Å². The van der Waals surface area contributed by atoms with Crippen molar-refractivity contribution in [3.63, 3.8) is 0 Å². The van der Waals surface area contributed by atoms with Crippen LogP contribution in [0.25, 0.3) is 11.0 Å². The maximum atomic E-state index is 13.1. The van der Waals surface area contributed by atoms with Gasteiger partial charge in [-0.25, -0.2) is 4.79 Å².